The molecule has 0 unspecified atom stereocenters. The third-order valence-corrected chi connectivity index (χ3v) is 6.33. The predicted octanol–water partition coefficient (Wildman–Crippen LogP) is 5.17. The van der Waals surface area contributed by atoms with E-state index >= 15 is 0 Å². The number of rotatable bonds is 6. The molecule has 0 radical (unpaired) electrons. The van der Waals surface area contributed by atoms with Crippen molar-refractivity contribution in [3.8, 4) is 34.1 Å². The summed E-state index contributed by atoms with van der Waals surface area (Å²) in [6.07, 6.45) is -1.87. The van der Waals surface area contributed by atoms with Crippen LogP contribution in [-0.2, 0) is 16.2 Å². The number of anilines is 1. The number of ether oxygens (including phenoxy) is 1. The second kappa shape index (κ2) is 8.52. The average Bonchev–Trinajstić information content (AvgIpc) is 3.27. The van der Waals surface area contributed by atoms with Gasteiger partial charge in [0.2, 0.25) is 15.9 Å². The Hall–Kier alpha value is -3.80. The maximum atomic E-state index is 13.1. The number of aromatic nitrogens is 3. The Kier molecular flexibility index (Phi) is 5.86. The fourth-order valence-corrected chi connectivity index (χ4v) is 3.94. The second-order valence-corrected chi connectivity index (χ2v) is 9.41. The first kappa shape index (κ1) is 23.4. The van der Waals surface area contributed by atoms with Gasteiger partial charge in [0.15, 0.2) is 5.82 Å². The summed E-state index contributed by atoms with van der Waals surface area (Å²) < 4.78 is 72.6. The van der Waals surface area contributed by atoms with Gasteiger partial charge in [0.25, 0.3) is 0 Å². The summed E-state index contributed by atoms with van der Waals surface area (Å²) in [5, 5.41) is 10.3. The van der Waals surface area contributed by atoms with Crippen molar-refractivity contribution in [3.05, 3.63) is 66.1 Å². The molecule has 178 valence electrons. The molecule has 0 amide bonds. The standard InChI is InChI=1S/C22H19F3N4O4S/c1-3-34(31,32)28-15-11-19(18-9-13(2)29(30)20-17(18)7-8-26-20)21(27-12-15)33-16-6-4-5-14(10-16)22(23,24)25/h4-12,28,30H,3H2,1-2H3. The number of sulfonamides is 1. The number of benzene rings is 1. The summed E-state index contributed by atoms with van der Waals surface area (Å²) in [5.74, 6) is -0.0975. The summed E-state index contributed by atoms with van der Waals surface area (Å²) in [6.45, 7) is 3.10. The zero-order valence-corrected chi connectivity index (χ0v) is 18.8. The van der Waals surface area contributed by atoms with Crippen LogP contribution in [0.15, 0.2) is 54.9 Å². The second-order valence-electron chi connectivity index (χ2n) is 7.40. The van der Waals surface area contributed by atoms with Crippen molar-refractivity contribution in [2.75, 3.05) is 10.5 Å². The third-order valence-electron chi connectivity index (χ3n) is 5.03. The van der Waals surface area contributed by atoms with Gasteiger partial charge in [0, 0.05) is 22.9 Å². The van der Waals surface area contributed by atoms with Crippen molar-refractivity contribution in [2.24, 2.45) is 0 Å². The number of nitrogens with zero attached hydrogens (tertiary/aromatic N) is 3. The lowest BCUT2D eigenvalue weighted by Crippen LogP contribution is -2.15. The van der Waals surface area contributed by atoms with Crippen LogP contribution in [-0.4, -0.2) is 34.1 Å². The van der Waals surface area contributed by atoms with Crippen LogP contribution >= 0.6 is 0 Å². The largest absolute Gasteiger partial charge is 0.438 e. The summed E-state index contributed by atoms with van der Waals surface area (Å²) in [7, 11) is -3.62. The monoisotopic (exact) mass is 492 g/mol. The fraction of sp³-hybridized carbons (Fsp3) is 0.182. The highest BCUT2D eigenvalue weighted by Gasteiger charge is 2.31. The zero-order valence-electron chi connectivity index (χ0n) is 18.0. The average molecular weight is 492 g/mol. The van der Waals surface area contributed by atoms with Gasteiger partial charge in [0.05, 0.1) is 28.9 Å². The molecule has 0 fully saturated rings. The van der Waals surface area contributed by atoms with Crippen molar-refractivity contribution in [1.82, 2.24) is 14.7 Å². The first-order valence-corrected chi connectivity index (χ1v) is 11.7. The number of halogens is 3. The highest BCUT2D eigenvalue weighted by molar-refractivity contribution is 7.92. The van der Waals surface area contributed by atoms with Crippen LogP contribution in [0.3, 0.4) is 0 Å². The van der Waals surface area contributed by atoms with E-state index in [0.717, 1.165) is 16.9 Å². The molecule has 12 heteroatoms. The molecule has 0 aliphatic carbocycles. The molecule has 0 atom stereocenters. The topological polar surface area (TPSA) is 106 Å². The lowest BCUT2D eigenvalue weighted by molar-refractivity contribution is -0.137. The molecule has 4 rings (SSSR count). The Morgan fingerprint density at radius 2 is 1.85 bits per heavy atom. The minimum atomic E-state index is -4.56. The number of pyridine rings is 2. The zero-order chi connectivity index (χ0) is 24.7. The molecule has 0 saturated heterocycles. The van der Waals surface area contributed by atoms with Crippen molar-refractivity contribution in [3.63, 3.8) is 0 Å². The molecular weight excluding hydrogens is 473 g/mol. The molecule has 0 bridgehead atoms. The summed E-state index contributed by atoms with van der Waals surface area (Å²) in [5.41, 5.74) is 0.931. The maximum Gasteiger partial charge on any atom is 0.416 e. The first-order valence-electron chi connectivity index (χ1n) is 10.0. The lowest BCUT2D eigenvalue weighted by Gasteiger charge is -2.17. The van der Waals surface area contributed by atoms with Crippen molar-refractivity contribution in [2.45, 2.75) is 20.0 Å². The lowest BCUT2D eigenvalue weighted by atomic mass is 10.0. The molecule has 0 saturated carbocycles. The molecule has 1 aromatic carbocycles. The number of hydrogen-bond donors (Lipinski definition) is 2. The molecule has 1 aromatic heterocycles. The van der Waals surface area contributed by atoms with Gasteiger partial charge in [0.1, 0.15) is 5.75 Å². The van der Waals surface area contributed by atoms with E-state index in [2.05, 4.69) is 14.7 Å². The number of fused-ring (bicyclic) bond motifs is 1. The number of nitrogens with one attached hydrogen (secondary N) is 1. The quantitative estimate of drug-likeness (QED) is 0.360. The summed E-state index contributed by atoms with van der Waals surface area (Å²) in [6, 6.07) is 9.03. The van der Waals surface area contributed by atoms with Gasteiger partial charge >= 0.3 is 6.18 Å². The normalized spacial score (nSPS) is 12.1. The molecule has 2 aromatic rings. The Balaban J connectivity index is 1.87. The predicted molar refractivity (Wildman–Crippen MR) is 119 cm³/mol. The van der Waals surface area contributed by atoms with Gasteiger partial charge in [-0.15, -0.1) is 0 Å². The van der Waals surface area contributed by atoms with Crippen molar-refractivity contribution >= 4 is 15.7 Å². The van der Waals surface area contributed by atoms with E-state index in [-0.39, 0.29) is 34.5 Å². The van der Waals surface area contributed by atoms with E-state index < -0.39 is 21.8 Å². The van der Waals surface area contributed by atoms with Crippen LogP contribution < -0.4 is 9.46 Å². The van der Waals surface area contributed by atoms with E-state index in [9.17, 15) is 26.8 Å². The maximum absolute atomic E-state index is 13.1. The van der Waals surface area contributed by atoms with Gasteiger partial charge in [-0.25, -0.2) is 18.4 Å². The van der Waals surface area contributed by atoms with Crippen LogP contribution in [0, 0.1) is 6.92 Å². The SMILES string of the molecule is CCS(=O)(=O)Nc1cnc(Oc2cccc(C(F)(F)F)c2)c(-c2cc(C)n(O)c3nccc2-3)c1. The molecule has 2 aliphatic heterocycles. The number of aryl methyl sites for hydroxylation is 1. The third kappa shape index (κ3) is 4.62. The van der Waals surface area contributed by atoms with E-state index in [1.807, 2.05) is 0 Å². The Morgan fingerprint density at radius 3 is 2.56 bits per heavy atom. The minimum absolute atomic E-state index is 0.0589. The van der Waals surface area contributed by atoms with Crippen LogP contribution in [0.1, 0.15) is 18.2 Å². The summed E-state index contributed by atoms with van der Waals surface area (Å²) in [4.78, 5) is 8.31. The fourth-order valence-electron chi connectivity index (χ4n) is 3.32. The van der Waals surface area contributed by atoms with Gasteiger partial charge in [-0.05, 0) is 50.2 Å². The minimum Gasteiger partial charge on any atom is -0.438 e. The summed E-state index contributed by atoms with van der Waals surface area (Å²) >= 11 is 0. The smallest absolute Gasteiger partial charge is 0.416 e. The van der Waals surface area contributed by atoms with Gasteiger partial charge < -0.3 is 9.94 Å². The van der Waals surface area contributed by atoms with Crippen LogP contribution in [0.4, 0.5) is 18.9 Å². The van der Waals surface area contributed by atoms with Gasteiger partial charge in [-0.3, -0.25) is 4.72 Å². The van der Waals surface area contributed by atoms with E-state index in [0.29, 0.717) is 16.8 Å². The van der Waals surface area contributed by atoms with E-state index in [1.54, 1.807) is 19.1 Å². The van der Waals surface area contributed by atoms with Gasteiger partial charge in [-0.1, -0.05) is 6.07 Å². The molecule has 0 spiro atoms. The van der Waals surface area contributed by atoms with Crippen molar-refractivity contribution in [1.29, 1.82) is 0 Å². The molecule has 8 nitrogen and oxygen atoms in total. The molecule has 3 heterocycles. The van der Waals surface area contributed by atoms with E-state index in [1.165, 1.54) is 37.5 Å². The van der Waals surface area contributed by atoms with Gasteiger partial charge in [-0.2, -0.15) is 17.9 Å². The Labute approximate surface area is 193 Å². The molecule has 2 aliphatic rings. The highest BCUT2D eigenvalue weighted by Crippen LogP contribution is 2.41. The number of alkyl halides is 3. The van der Waals surface area contributed by atoms with Crippen LogP contribution in [0.2, 0.25) is 0 Å². The first-order chi connectivity index (χ1) is 16.0. The van der Waals surface area contributed by atoms with E-state index in [4.69, 9.17) is 4.74 Å². The number of hydrogen-bond acceptors (Lipinski definition) is 6. The van der Waals surface area contributed by atoms with Crippen molar-refractivity contribution < 1.29 is 31.5 Å². The van der Waals surface area contributed by atoms with Crippen LogP contribution in [0.25, 0.3) is 22.5 Å². The Morgan fingerprint density at radius 1 is 1.09 bits per heavy atom. The molecule has 2 N–H and O–H groups in total. The molecule has 34 heavy (non-hydrogen) atoms. The Bertz CT molecular complexity index is 1430. The highest BCUT2D eigenvalue weighted by atomic mass is 32.2. The van der Waals surface area contributed by atoms with Crippen LogP contribution in [0.5, 0.6) is 11.6 Å². The molecular formula is C22H19F3N4O4S.